The van der Waals surface area contributed by atoms with Gasteiger partial charge in [0.05, 0.1) is 18.2 Å². The highest BCUT2D eigenvalue weighted by molar-refractivity contribution is 7.75. The van der Waals surface area contributed by atoms with Gasteiger partial charge in [-0.3, -0.25) is 9.59 Å². The molecule has 0 bridgehead atoms. The number of benzene rings is 2. The van der Waals surface area contributed by atoms with E-state index in [9.17, 15) is 13.8 Å². The molecule has 1 atom stereocenters. The summed E-state index contributed by atoms with van der Waals surface area (Å²) in [6.45, 7) is 0.0525. The number of amides is 2. The molecule has 0 spiro atoms. The first-order chi connectivity index (χ1) is 12.1. The highest BCUT2D eigenvalue weighted by atomic mass is 32.2. The Morgan fingerprint density at radius 1 is 0.960 bits per heavy atom. The fourth-order valence-corrected chi connectivity index (χ4v) is 2.81. The van der Waals surface area contributed by atoms with Crippen molar-refractivity contribution in [3.05, 3.63) is 65.2 Å². The van der Waals surface area contributed by atoms with Crippen LogP contribution in [0.15, 0.2) is 48.5 Å². The van der Waals surface area contributed by atoms with Crippen molar-refractivity contribution in [2.45, 2.75) is 6.61 Å². The Bertz CT molecular complexity index is 804. The van der Waals surface area contributed by atoms with Crippen molar-refractivity contribution in [1.29, 1.82) is 0 Å². The molecule has 2 aromatic carbocycles. The molecule has 3 rings (SSSR count). The summed E-state index contributed by atoms with van der Waals surface area (Å²) in [5.74, 6) is -1.20. The molecule has 2 amide bonds. The summed E-state index contributed by atoms with van der Waals surface area (Å²) in [6.07, 6.45) is 0. The second-order valence-electron chi connectivity index (χ2n) is 4.85. The standard InChI is InChI=1S/C16H13NO7S/c1-21-22-10-11-6-2-5-9-14(11)23-25(20)24-17-15(18)12-7-3-4-8-13(12)16(17)19/h2-9H,10H2,1H3. The first kappa shape index (κ1) is 17.2. The van der Waals surface area contributed by atoms with Gasteiger partial charge in [-0.2, -0.15) is 4.21 Å². The van der Waals surface area contributed by atoms with Gasteiger partial charge in [-0.1, -0.05) is 30.3 Å². The van der Waals surface area contributed by atoms with E-state index in [0.29, 0.717) is 10.6 Å². The fraction of sp³-hybridized carbons (Fsp3) is 0.125. The number of carbonyl (C=O) groups excluding carboxylic acids is 2. The van der Waals surface area contributed by atoms with Gasteiger partial charge in [0.25, 0.3) is 11.8 Å². The lowest BCUT2D eigenvalue weighted by Crippen LogP contribution is -2.32. The molecule has 0 radical (unpaired) electrons. The summed E-state index contributed by atoms with van der Waals surface area (Å²) in [7, 11) is 1.35. The van der Waals surface area contributed by atoms with Crippen LogP contribution in [0.3, 0.4) is 0 Å². The number of hydroxylamine groups is 2. The van der Waals surface area contributed by atoms with E-state index in [4.69, 9.17) is 13.4 Å². The first-order valence-electron chi connectivity index (χ1n) is 7.11. The Balaban J connectivity index is 1.70. The molecular weight excluding hydrogens is 350 g/mol. The van der Waals surface area contributed by atoms with Crippen molar-refractivity contribution in [1.82, 2.24) is 5.06 Å². The van der Waals surface area contributed by atoms with E-state index in [1.807, 2.05) is 0 Å². The van der Waals surface area contributed by atoms with E-state index >= 15 is 0 Å². The van der Waals surface area contributed by atoms with Gasteiger partial charge in [-0.05, 0) is 18.2 Å². The molecule has 25 heavy (non-hydrogen) atoms. The van der Waals surface area contributed by atoms with Gasteiger partial charge in [0.2, 0.25) is 0 Å². The lowest BCUT2D eigenvalue weighted by atomic mass is 10.1. The van der Waals surface area contributed by atoms with Gasteiger partial charge in [-0.25, -0.2) is 9.78 Å². The number of para-hydroxylation sites is 1. The molecule has 1 unspecified atom stereocenters. The topological polar surface area (TPSA) is 91.4 Å². The number of nitrogens with zero attached hydrogens (tertiary/aromatic N) is 1. The lowest BCUT2D eigenvalue weighted by Gasteiger charge is -2.13. The van der Waals surface area contributed by atoms with Crippen molar-refractivity contribution in [3.8, 4) is 5.75 Å². The van der Waals surface area contributed by atoms with Crippen LogP contribution in [0.25, 0.3) is 0 Å². The Morgan fingerprint density at radius 3 is 2.20 bits per heavy atom. The van der Waals surface area contributed by atoms with Crippen LogP contribution in [0.4, 0.5) is 0 Å². The SMILES string of the molecule is COOCc1ccccc1OS(=O)ON1C(=O)c2ccccc2C1=O. The lowest BCUT2D eigenvalue weighted by molar-refractivity contribution is -0.282. The molecule has 1 heterocycles. The van der Waals surface area contributed by atoms with Gasteiger partial charge in [-0.15, -0.1) is 9.35 Å². The Morgan fingerprint density at radius 2 is 1.56 bits per heavy atom. The number of carbonyl (C=O) groups is 2. The highest BCUT2D eigenvalue weighted by Crippen LogP contribution is 2.25. The van der Waals surface area contributed by atoms with E-state index < -0.39 is 23.2 Å². The van der Waals surface area contributed by atoms with Crippen LogP contribution in [0, 0.1) is 0 Å². The van der Waals surface area contributed by atoms with Crippen LogP contribution in [-0.2, 0) is 32.0 Å². The number of rotatable bonds is 7. The summed E-state index contributed by atoms with van der Waals surface area (Å²) in [4.78, 5) is 33.6. The maximum Gasteiger partial charge on any atom is 0.383 e. The predicted molar refractivity (Wildman–Crippen MR) is 85.0 cm³/mol. The maximum absolute atomic E-state index is 12.2. The Hall–Kier alpha value is -2.59. The third kappa shape index (κ3) is 3.59. The average Bonchev–Trinajstić information content (AvgIpc) is 2.86. The molecule has 0 saturated carbocycles. The van der Waals surface area contributed by atoms with Crippen molar-refractivity contribution in [2.75, 3.05) is 7.11 Å². The molecular formula is C16H13NO7S. The van der Waals surface area contributed by atoms with Gasteiger partial charge in [0.1, 0.15) is 12.4 Å². The molecule has 1 aliphatic heterocycles. The van der Waals surface area contributed by atoms with E-state index in [-0.39, 0.29) is 23.5 Å². The van der Waals surface area contributed by atoms with Crippen LogP contribution < -0.4 is 4.18 Å². The maximum atomic E-state index is 12.2. The molecule has 1 aliphatic rings. The summed E-state index contributed by atoms with van der Waals surface area (Å²) >= 11 is -2.42. The molecule has 9 heteroatoms. The first-order valence-corrected chi connectivity index (χ1v) is 8.11. The van der Waals surface area contributed by atoms with Gasteiger partial charge >= 0.3 is 11.4 Å². The Labute approximate surface area is 145 Å². The molecule has 0 N–H and O–H groups in total. The summed E-state index contributed by atoms with van der Waals surface area (Å²) in [5, 5.41) is 0.426. The highest BCUT2D eigenvalue weighted by Gasteiger charge is 2.38. The van der Waals surface area contributed by atoms with Crippen molar-refractivity contribution in [3.63, 3.8) is 0 Å². The summed E-state index contributed by atoms with van der Waals surface area (Å²) in [5.41, 5.74) is 0.903. The van der Waals surface area contributed by atoms with E-state index in [1.54, 1.807) is 30.3 Å². The van der Waals surface area contributed by atoms with E-state index in [2.05, 4.69) is 4.89 Å². The molecule has 0 fully saturated rings. The Kier molecular flexibility index (Phi) is 5.19. The molecule has 0 aromatic heterocycles. The molecule has 8 nitrogen and oxygen atoms in total. The fourth-order valence-electron chi connectivity index (χ4n) is 2.21. The van der Waals surface area contributed by atoms with Crippen molar-refractivity contribution >= 4 is 23.2 Å². The zero-order valence-electron chi connectivity index (χ0n) is 13.0. The van der Waals surface area contributed by atoms with Crippen LogP contribution in [0.5, 0.6) is 5.75 Å². The smallest absolute Gasteiger partial charge is 0.378 e. The van der Waals surface area contributed by atoms with Crippen molar-refractivity contribution in [2.24, 2.45) is 0 Å². The monoisotopic (exact) mass is 363 g/mol. The van der Waals surface area contributed by atoms with Gasteiger partial charge < -0.3 is 4.18 Å². The number of hydrogen-bond acceptors (Lipinski definition) is 7. The minimum Gasteiger partial charge on any atom is -0.378 e. The van der Waals surface area contributed by atoms with Crippen molar-refractivity contribution < 1.29 is 32.0 Å². The third-order valence-electron chi connectivity index (χ3n) is 3.35. The average molecular weight is 363 g/mol. The van der Waals surface area contributed by atoms with Crippen LogP contribution in [0.1, 0.15) is 26.3 Å². The molecule has 2 aromatic rings. The van der Waals surface area contributed by atoms with Crippen LogP contribution in [0.2, 0.25) is 0 Å². The van der Waals surface area contributed by atoms with Crippen LogP contribution >= 0.6 is 0 Å². The summed E-state index contributed by atoms with van der Waals surface area (Å²) in [6, 6.07) is 12.8. The second-order valence-corrected chi connectivity index (χ2v) is 5.57. The molecule has 0 saturated heterocycles. The predicted octanol–water partition coefficient (Wildman–Crippen LogP) is 1.95. The largest absolute Gasteiger partial charge is 0.383 e. The van der Waals surface area contributed by atoms with Gasteiger partial charge in [0, 0.05) is 5.56 Å². The van der Waals surface area contributed by atoms with E-state index in [0.717, 1.165) is 0 Å². The van der Waals surface area contributed by atoms with E-state index in [1.165, 1.54) is 25.3 Å². The zero-order chi connectivity index (χ0) is 17.8. The van der Waals surface area contributed by atoms with Crippen LogP contribution in [-0.4, -0.2) is 28.2 Å². The molecule has 130 valence electrons. The minimum absolute atomic E-state index is 0.0525. The quantitative estimate of drug-likeness (QED) is 0.422. The summed E-state index contributed by atoms with van der Waals surface area (Å²) < 4.78 is 22.1. The van der Waals surface area contributed by atoms with Gasteiger partial charge in [0.15, 0.2) is 0 Å². The number of hydrogen-bond donors (Lipinski definition) is 0. The zero-order valence-corrected chi connectivity index (χ0v) is 13.9. The minimum atomic E-state index is -2.42. The number of fused-ring (bicyclic) bond motifs is 1. The normalized spacial score (nSPS) is 14.5. The molecule has 0 aliphatic carbocycles. The second kappa shape index (κ2) is 7.53. The number of imide groups is 1. The third-order valence-corrected chi connectivity index (χ3v) is 3.94.